The molecule has 2 atom stereocenters. The minimum atomic E-state index is 0.426. The zero-order valence-electron chi connectivity index (χ0n) is 10.1. The quantitative estimate of drug-likeness (QED) is 0.812. The standard InChI is InChI=1S/C11H21N3S/c1-5-7-12-10(8(3)6-2)11-9(4)13-14-15-11/h8,10,12H,5-7H2,1-4H3. The summed E-state index contributed by atoms with van der Waals surface area (Å²) in [5.41, 5.74) is 1.08. The van der Waals surface area contributed by atoms with E-state index in [1.807, 2.05) is 6.92 Å². The Balaban J connectivity index is 2.76. The molecule has 1 rings (SSSR count). The van der Waals surface area contributed by atoms with Crippen molar-refractivity contribution in [1.29, 1.82) is 0 Å². The van der Waals surface area contributed by atoms with E-state index in [9.17, 15) is 0 Å². The summed E-state index contributed by atoms with van der Waals surface area (Å²) in [4.78, 5) is 1.30. The minimum absolute atomic E-state index is 0.426. The number of rotatable bonds is 6. The van der Waals surface area contributed by atoms with Gasteiger partial charge in [0.2, 0.25) is 0 Å². The maximum absolute atomic E-state index is 4.09. The predicted molar refractivity (Wildman–Crippen MR) is 65.1 cm³/mol. The van der Waals surface area contributed by atoms with Gasteiger partial charge in [0.05, 0.1) is 10.6 Å². The van der Waals surface area contributed by atoms with E-state index >= 15 is 0 Å². The second kappa shape index (κ2) is 6.18. The van der Waals surface area contributed by atoms with E-state index in [1.54, 1.807) is 0 Å². The normalized spacial score (nSPS) is 15.2. The minimum Gasteiger partial charge on any atom is -0.309 e. The lowest BCUT2D eigenvalue weighted by Gasteiger charge is -2.23. The van der Waals surface area contributed by atoms with Gasteiger partial charge in [-0.1, -0.05) is 31.7 Å². The highest BCUT2D eigenvalue weighted by molar-refractivity contribution is 7.05. The first-order chi connectivity index (χ1) is 7.20. The largest absolute Gasteiger partial charge is 0.309 e. The second-order valence-electron chi connectivity index (χ2n) is 4.04. The Morgan fingerprint density at radius 3 is 2.60 bits per heavy atom. The van der Waals surface area contributed by atoms with Crippen LogP contribution in [0.2, 0.25) is 0 Å². The van der Waals surface area contributed by atoms with E-state index in [-0.39, 0.29) is 0 Å². The van der Waals surface area contributed by atoms with Gasteiger partial charge in [-0.3, -0.25) is 0 Å². The van der Waals surface area contributed by atoms with Crippen LogP contribution in [-0.2, 0) is 0 Å². The van der Waals surface area contributed by atoms with E-state index in [2.05, 4.69) is 35.7 Å². The number of nitrogens with one attached hydrogen (secondary N) is 1. The molecular formula is C11H21N3S. The van der Waals surface area contributed by atoms with Gasteiger partial charge in [-0.25, -0.2) is 0 Å². The maximum atomic E-state index is 4.09. The molecule has 0 saturated heterocycles. The highest BCUT2D eigenvalue weighted by Crippen LogP contribution is 2.28. The van der Waals surface area contributed by atoms with Crippen molar-refractivity contribution >= 4 is 11.5 Å². The van der Waals surface area contributed by atoms with Gasteiger partial charge in [0.1, 0.15) is 0 Å². The molecule has 86 valence electrons. The Hall–Kier alpha value is -0.480. The van der Waals surface area contributed by atoms with Crippen LogP contribution in [0.1, 0.15) is 50.2 Å². The average molecular weight is 227 g/mol. The molecule has 0 aromatic carbocycles. The van der Waals surface area contributed by atoms with E-state index in [0.29, 0.717) is 12.0 Å². The molecule has 0 amide bonds. The molecule has 1 heterocycles. The zero-order chi connectivity index (χ0) is 11.3. The Bertz CT molecular complexity index is 285. The molecule has 0 aliphatic rings. The summed E-state index contributed by atoms with van der Waals surface area (Å²) in [6, 6.07) is 0.426. The smallest absolute Gasteiger partial charge is 0.0772 e. The summed E-state index contributed by atoms with van der Waals surface area (Å²) in [5, 5.41) is 7.68. The second-order valence-corrected chi connectivity index (χ2v) is 4.83. The summed E-state index contributed by atoms with van der Waals surface area (Å²) >= 11 is 1.53. The molecule has 0 fully saturated rings. The highest BCUT2D eigenvalue weighted by Gasteiger charge is 2.21. The van der Waals surface area contributed by atoms with Crippen molar-refractivity contribution in [3.05, 3.63) is 10.6 Å². The number of nitrogens with zero attached hydrogens (tertiary/aromatic N) is 2. The molecule has 0 aliphatic carbocycles. The molecule has 1 aromatic heterocycles. The van der Waals surface area contributed by atoms with Crippen LogP contribution in [0.15, 0.2) is 0 Å². The topological polar surface area (TPSA) is 37.8 Å². The molecule has 0 saturated carbocycles. The van der Waals surface area contributed by atoms with Crippen LogP contribution in [0.25, 0.3) is 0 Å². The van der Waals surface area contributed by atoms with Crippen molar-refractivity contribution in [1.82, 2.24) is 14.9 Å². The molecule has 0 radical (unpaired) electrons. The SMILES string of the molecule is CCCNC(c1snnc1C)C(C)CC. The molecule has 0 aliphatic heterocycles. The van der Waals surface area contributed by atoms with E-state index in [4.69, 9.17) is 0 Å². The summed E-state index contributed by atoms with van der Waals surface area (Å²) in [5.74, 6) is 0.637. The van der Waals surface area contributed by atoms with Crippen LogP contribution < -0.4 is 5.32 Å². The highest BCUT2D eigenvalue weighted by atomic mass is 32.1. The zero-order valence-corrected chi connectivity index (χ0v) is 10.9. The number of hydrogen-bond acceptors (Lipinski definition) is 4. The molecule has 4 heteroatoms. The van der Waals surface area contributed by atoms with Gasteiger partial charge in [0.15, 0.2) is 0 Å². The van der Waals surface area contributed by atoms with Crippen molar-refractivity contribution in [2.24, 2.45) is 5.92 Å². The number of hydrogen-bond donors (Lipinski definition) is 1. The van der Waals surface area contributed by atoms with Gasteiger partial charge in [0.25, 0.3) is 0 Å². The van der Waals surface area contributed by atoms with Crippen molar-refractivity contribution < 1.29 is 0 Å². The molecule has 1 N–H and O–H groups in total. The van der Waals surface area contributed by atoms with Crippen molar-refractivity contribution in [2.45, 2.75) is 46.6 Å². The first-order valence-electron chi connectivity index (χ1n) is 5.72. The molecule has 3 nitrogen and oxygen atoms in total. The Kier molecular flexibility index (Phi) is 5.19. The monoisotopic (exact) mass is 227 g/mol. The van der Waals surface area contributed by atoms with Gasteiger partial charge in [-0.05, 0) is 37.3 Å². The van der Waals surface area contributed by atoms with Gasteiger partial charge in [-0.15, -0.1) is 5.10 Å². The fourth-order valence-corrected chi connectivity index (χ4v) is 2.46. The first kappa shape index (κ1) is 12.6. The van der Waals surface area contributed by atoms with Crippen LogP contribution in [0.4, 0.5) is 0 Å². The average Bonchev–Trinajstić information content (AvgIpc) is 2.65. The number of aryl methyl sites for hydroxylation is 1. The molecule has 0 bridgehead atoms. The van der Waals surface area contributed by atoms with Crippen molar-refractivity contribution in [3.63, 3.8) is 0 Å². The lowest BCUT2D eigenvalue weighted by Crippen LogP contribution is -2.27. The predicted octanol–water partition coefficient (Wildman–Crippen LogP) is 2.93. The summed E-state index contributed by atoms with van der Waals surface area (Å²) in [7, 11) is 0. The van der Waals surface area contributed by atoms with Crippen molar-refractivity contribution in [3.8, 4) is 0 Å². The van der Waals surface area contributed by atoms with Gasteiger partial charge in [-0.2, -0.15) is 0 Å². The molecule has 2 unspecified atom stereocenters. The van der Waals surface area contributed by atoms with Gasteiger partial charge >= 0.3 is 0 Å². The maximum Gasteiger partial charge on any atom is 0.0772 e. The van der Waals surface area contributed by atoms with E-state index < -0.39 is 0 Å². The molecule has 0 spiro atoms. The third-order valence-corrected chi connectivity index (χ3v) is 3.71. The van der Waals surface area contributed by atoms with Crippen LogP contribution in [-0.4, -0.2) is 16.1 Å². The van der Waals surface area contributed by atoms with Crippen LogP contribution in [0, 0.1) is 12.8 Å². The Morgan fingerprint density at radius 1 is 1.40 bits per heavy atom. The summed E-state index contributed by atoms with van der Waals surface area (Å²) < 4.78 is 4.02. The van der Waals surface area contributed by atoms with Crippen LogP contribution >= 0.6 is 11.5 Å². The third-order valence-electron chi connectivity index (χ3n) is 2.80. The van der Waals surface area contributed by atoms with E-state index in [1.165, 1.54) is 22.8 Å². The lowest BCUT2D eigenvalue weighted by molar-refractivity contribution is 0.380. The van der Waals surface area contributed by atoms with Crippen molar-refractivity contribution in [2.75, 3.05) is 6.54 Å². The molecule has 1 aromatic rings. The fraction of sp³-hybridized carbons (Fsp3) is 0.818. The van der Waals surface area contributed by atoms with Crippen LogP contribution in [0.3, 0.4) is 0 Å². The lowest BCUT2D eigenvalue weighted by atomic mass is 9.97. The van der Waals surface area contributed by atoms with E-state index in [0.717, 1.165) is 18.7 Å². The van der Waals surface area contributed by atoms with Crippen LogP contribution in [0.5, 0.6) is 0 Å². The van der Waals surface area contributed by atoms with Gasteiger partial charge < -0.3 is 5.32 Å². The number of aromatic nitrogens is 2. The Morgan fingerprint density at radius 2 is 2.13 bits per heavy atom. The summed E-state index contributed by atoms with van der Waals surface area (Å²) in [6.45, 7) is 9.81. The molecular weight excluding hydrogens is 206 g/mol. The fourth-order valence-electron chi connectivity index (χ4n) is 1.61. The summed E-state index contributed by atoms with van der Waals surface area (Å²) in [6.07, 6.45) is 2.34. The molecule has 15 heavy (non-hydrogen) atoms. The Labute approximate surface area is 96.5 Å². The first-order valence-corrected chi connectivity index (χ1v) is 6.50. The van der Waals surface area contributed by atoms with Gasteiger partial charge in [0, 0.05) is 6.04 Å². The third kappa shape index (κ3) is 3.24.